The number of hydrogen-bond acceptors (Lipinski definition) is 4. The Kier molecular flexibility index (Phi) is 4.97. The van der Waals surface area contributed by atoms with Gasteiger partial charge in [-0.2, -0.15) is 5.10 Å². The van der Waals surface area contributed by atoms with Crippen LogP contribution in [0.5, 0.6) is 5.75 Å². The molecule has 1 atom stereocenters. The third-order valence-corrected chi connectivity index (χ3v) is 4.25. The predicted molar refractivity (Wildman–Crippen MR) is 101 cm³/mol. The maximum Gasteiger partial charge on any atom is 0.162 e. The number of nitrogens with two attached hydrogens (primary N) is 1. The van der Waals surface area contributed by atoms with E-state index in [0.717, 1.165) is 23.2 Å². The average molecular weight is 359 g/mol. The normalized spacial score (nSPS) is 14.0. The van der Waals surface area contributed by atoms with Gasteiger partial charge in [-0.1, -0.05) is 31.5 Å². The van der Waals surface area contributed by atoms with E-state index in [-0.39, 0.29) is 5.54 Å². The summed E-state index contributed by atoms with van der Waals surface area (Å²) in [6.45, 7) is 6.72. The fourth-order valence-electron chi connectivity index (χ4n) is 3.05. The predicted octanol–water partition coefficient (Wildman–Crippen LogP) is 4.19. The van der Waals surface area contributed by atoms with E-state index in [9.17, 15) is 0 Å². The van der Waals surface area contributed by atoms with E-state index in [0.29, 0.717) is 23.3 Å². The van der Waals surface area contributed by atoms with Crippen molar-refractivity contribution in [3.63, 3.8) is 0 Å². The summed E-state index contributed by atoms with van der Waals surface area (Å²) in [5.41, 5.74) is 8.58. The Labute approximate surface area is 152 Å². The number of fused-ring (bicyclic) bond motifs is 1. The van der Waals surface area contributed by atoms with Gasteiger partial charge in [0.2, 0.25) is 0 Å². The second kappa shape index (κ2) is 7.02. The Bertz CT molecular complexity index is 873. The average Bonchev–Trinajstić information content (AvgIpc) is 2.96. The maximum absolute atomic E-state index is 6.42. The van der Waals surface area contributed by atoms with Crippen molar-refractivity contribution in [2.24, 2.45) is 11.7 Å². The fourth-order valence-corrected chi connectivity index (χ4v) is 3.29. The van der Waals surface area contributed by atoms with Crippen LogP contribution >= 0.6 is 11.6 Å². The van der Waals surface area contributed by atoms with Crippen LogP contribution in [0.15, 0.2) is 42.9 Å². The number of rotatable bonds is 6. The molecule has 0 aliphatic heterocycles. The van der Waals surface area contributed by atoms with Crippen molar-refractivity contribution in [1.82, 2.24) is 14.6 Å². The molecule has 0 radical (unpaired) electrons. The molecule has 0 saturated heterocycles. The zero-order chi connectivity index (χ0) is 18.0. The molecular formula is C19H23ClN4O. The number of nitrogens with zero attached hydrogens (tertiary/aromatic N) is 3. The van der Waals surface area contributed by atoms with E-state index in [4.69, 9.17) is 22.1 Å². The highest BCUT2D eigenvalue weighted by molar-refractivity contribution is 6.32. The Hall–Kier alpha value is -2.11. The van der Waals surface area contributed by atoms with Gasteiger partial charge in [0.25, 0.3) is 0 Å². The highest BCUT2D eigenvalue weighted by Crippen LogP contribution is 2.32. The highest BCUT2D eigenvalue weighted by atomic mass is 35.5. The van der Waals surface area contributed by atoms with Gasteiger partial charge in [-0.15, -0.1) is 0 Å². The maximum atomic E-state index is 6.42. The molecule has 6 heteroatoms. The number of benzene rings is 1. The first-order chi connectivity index (χ1) is 11.9. The summed E-state index contributed by atoms with van der Waals surface area (Å²) in [5.74, 6) is 1.15. The second-order valence-electron chi connectivity index (χ2n) is 7.13. The summed E-state index contributed by atoms with van der Waals surface area (Å²) >= 11 is 6.42. The van der Waals surface area contributed by atoms with E-state index in [1.54, 1.807) is 16.9 Å². The van der Waals surface area contributed by atoms with E-state index in [2.05, 4.69) is 23.9 Å². The van der Waals surface area contributed by atoms with Crippen LogP contribution in [0, 0.1) is 5.92 Å². The summed E-state index contributed by atoms with van der Waals surface area (Å²) in [4.78, 5) is 4.38. The van der Waals surface area contributed by atoms with Gasteiger partial charge in [0, 0.05) is 23.5 Å². The Balaban J connectivity index is 1.79. The molecule has 0 fully saturated rings. The van der Waals surface area contributed by atoms with E-state index >= 15 is 0 Å². The van der Waals surface area contributed by atoms with Crippen molar-refractivity contribution < 1.29 is 4.74 Å². The quantitative estimate of drug-likeness (QED) is 0.717. The van der Waals surface area contributed by atoms with Gasteiger partial charge in [0.15, 0.2) is 5.65 Å². The molecule has 1 aromatic carbocycles. The summed E-state index contributed by atoms with van der Waals surface area (Å²) in [6.07, 6.45) is 6.28. The van der Waals surface area contributed by atoms with Crippen LogP contribution in [0.2, 0.25) is 5.02 Å². The standard InChI is InChI=1S/C19H23ClN4O/c1-13(2)10-19(3,21)12-25-17-6-5-14(9-16(17)20)15-11-23-24-8-4-7-22-18(15)24/h4-9,11,13H,10,12,21H2,1-3H3/t19-/m0/s1. The Morgan fingerprint density at radius 1 is 1.36 bits per heavy atom. The van der Waals surface area contributed by atoms with Gasteiger partial charge < -0.3 is 10.5 Å². The van der Waals surface area contributed by atoms with Crippen LogP contribution in [0.1, 0.15) is 27.2 Å². The smallest absolute Gasteiger partial charge is 0.162 e. The summed E-state index contributed by atoms with van der Waals surface area (Å²) in [7, 11) is 0. The van der Waals surface area contributed by atoms with Crippen LogP contribution in [-0.4, -0.2) is 26.7 Å². The summed E-state index contributed by atoms with van der Waals surface area (Å²) in [6, 6.07) is 7.55. The van der Waals surface area contributed by atoms with Crippen LogP contribution in [-0.2, 0) is 0 Å². The molecule has 0 aliphatic carbocycles. The molecule has 0 amide bonds. The molecule has 25 heavy (non-hydrogen) atoms. The first-order valence-electron chi connectivity index (χ1n) is 8.36. The lowest BCUT2D eigenvalue weighted by Gasteiger charge is -2.26. The minimum absolute atomic E-state index is 0.386. The van der Waals surface area contributed by atoms with Gasteiger partial charge in [0.1, 0.15) is 12.4 Å². The molecule has 2 aromatic heterocycles. The molecule has 5 nitrogen and oxygen atoms in total. The number of hydrogen-bond donors (Lipinski definition) is 1. The minimum Gasteiger partial charge on any atom is -0.490 e. The summed E-state index contributed by atoms with van der Waals surface area (Å²) < 4.78 is 7.60. The van der Waals surface area contributed by atoms with Gasteiger partial charge in [-0.05, 0) is 43.0 Å². The first kappa shape index (κ1) is 17.7. The highest BCUT2D eigenvalue weighted by Gasteiger charge is 2.21. The van der Waals surface area contributed by atoms with Gasteiger partial charge in [-0.3, -0.25) is 0 Å². The van der Waals surface area contributed by atoms with E-state index in [1.807, 2.05) is 37.4 Å². The lowest BCUT2D eigenvalue weighted by Crippen LogP contribution is -2.43. The SMILES string of the molecule is CC(C)C[C@](C)(N)COc1ccc(-c2cnn3cccnc23)cc1Cl. The molecule has 0 unspecified atom stereocenters. The topological polar surface area (TPSA) is 65.4 Å². The minimum atomic E-state index is -0.386. The molecule has 0 aliphatic rings. The molecule has 132 valence electrons. The van der Waals surface area contributed by atoms with Crippen LogP contribution < -0.4 is 10.5 Å². The lowest BCUT2D eigenvalue weighted by molar-refractivity contribution is 0.207. The van der Waals surface area contributed by atoms with Crippen LogP contribution in [0.25, 0.3) is 16.8 Å². The van der Waals surface area contributed by atoms with Crippen molar-refractivity contribution in [3.05, 3.63) is 47.9 Å². The molecule has 2 N–H and O–H groups in total. The molecule has 0 spiro atoms. The van der Waals surface area contributed by atoms with Crippen LogP contribution in [0.4, 0.5) is 0 Å². The zero-order valence-electron chi connectivity index (χ0n) is 14.7. The number of halogens is 1. The molecule has 0 bridgehead atoms. The van der Waals surface area contributed by atoms with Gasteiger partial charge in [-0.25, -0.2) is 9.50 Å². The van der Waals surface area contributed by atoms with Crippen LogP contribution in [0.3, 0.4) is 0 Å². The largest absolute Gasteiger partial charge is 0.490 e. The third kappa shape index (κ3) is 4.11. The lowest BCUT2D eigenvalue weighted by atomic mass is 9.93. The molecule has 3 rings (SSSR count). The molecule has 3 aromatic rings. The monoisotopic (exact) mass is 358 g/mol. The fraction of sp³-hybridized carbons (Fsp3) is 0.368. The van der Waals surface area contributed by atoms with Gasteiger partial charge >= 0.3 is 0 Å². The van der Waals surface area contributed by atoms with Crippen molar-refractivity contribution >= 4 is 17.2 Å². The first-order valence-corrected chi connectivity index (χ1v) is 8.73. The Morgan fingerprint density at radius 3 is 2.88 bits per heavy atom. The number of aromatic nitrogens is 3. The molecular weight excluding hydrogens is 336 g/mol. The van der Waals surface area contributed by atoms with Crippen molar-refractivity contribution in [2.45, 2.75) is 32.7 Å². The summed E-state index contributed by atoms with van der Waals surface area (Å²) in [5, 5.41) is 4.86. The molecule has 2 heterocycles. The number of ether oxygens (including phenoxy) is 1. The second-order valence-corrected chi connectivity index (χ2v) is 7.54. The Morgan fingerprint density at radius 2 is 2.16 bits per heavy atom. The van der Waals surface area contributed by atoms with E-state index in [1.165, 1.54) is 0 Å². The van der Waals surface area contributed by atoms with Crippen molar-refractivity contribution in [3.8, 4) is 16.9 Å². The van der Waals surface area contributed by atoms with Crippen molar-refractivity contribution in [2.75, 3.05) is 6.61 Å². The van der Waals surface area contributed by atoms with Crippen molar-refractivity contribution in [1.29, 1.82) is 0 Å². The zero-order valence-corrected chi connectivity index (χ0v) is 15.5. The third-order valence-electron chi connectivity index (χ3n) is 3.95. The molecule has 0 saturated carbocycles. The van der Waals surface area contributed by atoms with E-state index < -0.39 is 0 Å². The van der Waals surface area contributed by atoms with Gasteiger partial charge in [0.05, 0.1) is 11.2 Å².